The van der Waals surface area contributed by atoms with Gasteiger partial charge in [0, 0.05) is 49.7 Å². The molecule has 132 valence electrons. The number of carbonyl (C=O) groups is 2. The minimum Gasteiger partial charge on any atom is -0.352 e. The second-order valence-corrected chi connectivity index (χ2v) is 6.00. The zero-order valence-corrected chi connectivity index (χ0v) is 14.7. The lowest BCUT2D eigenvalue weighted by Gasteiger charge is -2.09. The first-order valence-corrected chi connectivity index (χ1v) is 8.25. The van der Waals surface area contributed by atoms with Crippen LogP contribution in [0.15, 0.2) is 60.9 Å². The van der Waals surface area contributed by atoms with Crippen molar-refractivity contribution in [2.24, 2.45) is 7.05 Å². The fraction of sp³-hybridized carbons (Fsp3) is 0.150. The molecule has 2 aromatic carbocycles. The number of aromatic nitrogens is 2. The molecule has 6 nitrogen and oxygen atoms in total. The number of rotatable bonds is 5. The number of imidazole rings is 1. The highest BCUT2D eigenvalue weighted by Gasteiger charge is 2.08. The number of nitrogens with one attached hydrogen (secondary N) is 2. The van der Waals surface area contributed by atoms with Crippen molar-refractivity contribution in [3.05, 3.63) is 72.1 Å². The van der Waals surface area contributed by atoms with Gasteiger partial charge in [0.05, 0.1) is 0 Å². The van der Waals surface area contributed by atoms with Crippen LogP contribution >= 0.6 is 0 Å². The zero-order valence-electron chi connectivity index (χ0n) is 14.7. The summed E-state index contributed by atoms with van der Waals surface area (Å²) >= 11 is 0. The predicted octanol–water partition coefficient (Wildman–Crippen LogP) is 2.98. The molecule has 0 spiro atoms. The van der Waals surface area contributed by atoms with Gasteiger partial charge in [-0.15, -0.1) is 0 Å². The van der Waals surface area contributed by atoms with E-state index in [9.17, 15) is 9.59 Å². The van der Waals surface area contributed by atoms with Crippen molar-refractivity contribution in [2.75, 3.05) is 5.32 Å². The summed E-state index contributed by atoms with van der Waals surface area (Å²) < 4.78 is 1.93. The van der Waals surface area contributed by atoms with Crippen molar-refractivity contribution in [2.45, 2.75) is 13.5 Å². The van der Waals surface area contributed by atoms with Gasteiger partial charge in [0.2, 0.25) is 5.91 Å². The SMILES string of the molecule is CC(=O)NCc1ccc(C(=O)Nc2cccc(-c3nccn3C)c2)cc1. The number of aryl methyl sites for hydroxylation is 1. The van der Waals surface area contributed by atoms with Crippen LogP contribution in [0.5, 0.6) is 0 Å². The number of benzene rings is 2. The Labute approximate surface area is 151 Å². The van der Waals surface area contributed by atoms with Gasteiger partial charge < -0.3 is 15.2 Å². The molecule has 0 bridgehead atoms. The molecule has 1 aromatic heterocycles. The highest BCUT2D eigenvalue weighted by atomic mass is 16.2. The third kappa shape index (κ3) is 4.16. The van der Waals surface area contributed by atoms with Gasteiger partial charge in [-0.05, 0) is 29.8 Å². The molecule has 0 fully saturated rings. The molecule has 6 heteroatoms. The van der Waals surface area contributed by atoms with E-state index < -0.39 is 0 Å². The van der Waals surface area contributed by atoms with Gasteiger partial charge in [-0.3, -0.25) is 9.59 Å². The highest BCUT2D eigenvalue weighted by Crippen LogP contribution is 2.21. The Morgan fingerprint density at radius 3 is 2.54 bits per heavy atom. The van der Waals surface area contributed by atoms with Crippen LogP contribution in [0.3, 0.4) is 0 Å². The topological polar surface area (TPSA) is 76.0 Å². The van der Waals surface area contributed by atoms with E-state index in [1.54, 1.807) is 18.3 Å². The van der Waals surface area contributed by atoms with Gasteiger partial charge in [0.15, 0.2) is 0 Å². The summed E-state index contributed by atoms with van der Waals surface area (Å²) in [7, 11) is 1.93. The Morgan fingerprint density at radius 2 is 1.88 bits per heavy atom. The smallest absolute Gasteiger partial charge is 0.255 e. The zero-order chi connectivity index (χ0) is 18.5. The molecule has 2 amide bonds. The van der Waals surface area contributed by atoms with Gasteiger partial charge in [-0.25, -0.2) is 4.98 Å². The summed E-state index contributed by atoms with van der Waals surface area (Å²) in [5.74, 6) is 0.566. The maximum absolute atomic E-state index is 12.5. The molecule has 0 aliphatic carbocycles. The van der Waals surface area contributed by atoms with Crippen LogP contribution in [0.1, 0.15) is 22.8 Å². The fourth-order valence-corrected chi connectivity index (χ4v) is 2.58. The van der Waals surface area contributed by atoms with Crippen LogP contribution < -0.4 is 10.6 Å². The van der Waals surface area contributed by atoms with E-state index in [2.05, 4.69) is 15.6 Å². The Kier molecular flexibility index (Phi) is 5.12. The lowest BCUT2D eigenvalue weighted by molar-refractivity contribution is -0.119. The standard InChI is InChI=1S/C20H20N4O2/c1-14(25)22-13-15-6-8-16(9-7-15)20(26)23-18-5-3-4-17(12-18)19-21-10-11-24(19)2/h3-12H,13H2,1-2H3,(H,22,25)(H,23,26). The van der Waals surface area contributed by atoms with Crippen LogP contribution in [-0.2, 0) is 18.4 Å². The van der Waals surface area contributed by atoms with E-state index >= 15 is 0 Å². The Morgan fingerprint density at radius 1 is 1.12 bits per heavy atom. The van der Waals surface area contributed by atoms with Crippen LogP contribution in [-0.4, -0.2) is 21.4 Å². The van der Waals surface area contributed by atoms with Gasteiger partial charge in [0.1, 0.15) is 5.82 Å². The molecule has 3 aromatic rings. The molecular formula is C20H20N4O2. The van der Waals surface area contributed by atoms with E-state index in [0.717, 1.165) is 17.0 Å². The lowest BCUT2D eigenvalue weighted by atomic mass is 10.1. The minimum atomic E-state index is -0.187. The van der Waals surface area contributed by atoms with Crippen molar-refractivity contribution >= 4 is 17.5 Å². The van der Waals surface area contributed by atoms with Gasteiger partial charge >= 0.3 is 0 Å². The largest absolute Gasteiger partial charge is 0.352 e. The van der Waals surface area contributed by atoms with Crippen LogP contribution in [0.4, 0.5) is 5.69 Å². The number of anilines is 1. The first-order chi connectivity index (χ1) is 12.5. The van der Waals surface area contributed by atoms with Crippen LogP contribution in [0.25, 0.3) is 11.4 Å². The molecule has 0 unspecified atom stereocenters. The van der Waals surface area contributed by atoms with Crippen molar-refractivity contribution < 1.29 is 9.59 Å². The van der Waals surface area contributed by atoms with E-state index in [1.165, 1.54) is 6.92 Å². The maximum Gasteiger partial charge on any atom is 0.255 e. The predicted molar refractivity (Wildman–Crippen MR) is 101 cm³/mol. The molecule has 0 aliphatic heterocycles. The number of carbonyl (C=O) groups excluding carboxylic acids is 2. The fourth-order valence-electron chi connectivity index (χ4n) is 2.58. The van der Waals surface area contributed by atoms with E-state index in [-0.39, 0.29) is 11.8 Å². The van der Waals surface area contributed by atoms with Gasteiger partial charge in [-0.2, -0.15) is 0 Å². The number of nitrogens with zero attached hydrogens (tertiary/aromatic N) is 2. The normalized spacial score (nSPS) is 10.4. The molecule has 0 radical (unpaired) electrons. The van der Waals surface area contributed by atoms with Crippen molar-refractivity contribution in [1.29, 1.82) is 0 Å². The minimum absolute atomic E-state index is 0.0839. The summed E-state index contributed by atoms with van der Waals surface area (Å²) in [6.07, 6.45) is 3.62. The molecule has 0 saturated carbocycles. The monoisotopic (exact) mass is 348 g/mol. The maximum atomic E-state index is 12.5. The summed E-state index contributed by atoms with van der Waals surface area (Å²) in [4.78, 5) is 27.7. The van der Waals surface area contributed by atoms with E-state index in [0.29, 0.717) is 17.8 Å². The average molecular weight is 348 g/mol. The first-order valence-electron chi connectivity index (χ1n) is 8.25. The number of amides is 2. The van der Waals surface area contributed by atoms with E-state index in [4.69, 9.17) is 0 Å². The lowest BCUT2D eigenvalue weighted by Crippen LogP contribution is -2.19. The molecule has 0 aliphatic rings. The van der Waals surface area contributed by atoms with Gasteiger partial charge in [-0.1, -0.05) is 24.3 Å². The molecule has 0 atom stereocenters. The first kappa shape index (κ1) is 17.4. The summed E-state index contributed by atoms with van der Waals surface area (Å²) in [5, 5.41) is 5.63. The van der Waals surface area contributed by atoms with Crippen molar-refractivity contribution in [3.63, 3.8) is 0 Å². The third-order valence-electron chi connectivity index (χ3n) is 3.96. The summed E-state index contributed by atoms with van der Waals surface area (Å²) in [6, 6.07) is 14.7. The third-order valence-corrected chi connectivity index (χ3v) is 3.96. The second-order valence-electron chi connectivity index (χ2n) is 6.00. The van der Waals surface area contributed by atoms with E-state index in [1.807, 2.05) is 54.2 Å². The Balaban J connectivity index is 1.70. The van der Waals surface area contributed by atoms with Crippen LogP contribution in [0, 0.1) is 0 Å². The molecule has 2 N–H and O–H groups in total. The van der Waals surface area contributed by atoms with Crippen LogP contribution in [0.2, 0.25) is 0 Å². The van der Waals surface area contributed by atoms with Crippen molar-refractivity contribution in [1.82, 2.24) is 14.9 Å². The summed E-state index contributed by atoms with van der Waals surface area (Å²) in [5.41, 5.74) is 3.13. The molecule has 26 heavy (non-hydrogen) atoms. The average Bonchev–Trinajstić information content (AvgIpc) is 3.06. The highest BCUT2D eigenvalue weighted by molar-refractivity contribution is 6.04. The number of hydrogen-bond donors (Lipinski definition) is 2. The summed E-state index contributed by atoms with van der Waals surface area (Å²) in [6.45, 7) is 1.92. The van der Waals surface area contributed by atoms with Crippen molar-refractivity contribution in [3.8, 4) is 11.4 Å². The quantitative estimate of drug-likeness (QED) is 0.744. The van der Waals surface area contributed by atoms with Gasteiger partial charge in [0.25, 0.3) is 5.91 Å². The number of hydrogen-bond acceptors (Lipinski definition) is 3. The molecule has 1 heterocycles. The second kappa shape index (κ2) is 7.65. The Hall–Kier alpha value is -3.41. The Bertz CT molecular complexity index is 929. The molecular weight excluding hydrogens is 328 g/mol. The molecule has 3 rings (SSSR count). The molecule has 0 saturated heterocycles.